The van der Waals surface area contributed by atoms with Gasteiger partial charge in [-0.3, -0.25) is 9.59 Å². The predicted octanol–water partition coefficient (Wildman–Crippen LogP) is 1.44. The van der Waals surface area contributed by atoms with Crippen molar-refractivity contribution in [2.45, 2.75) is 33.6 Å². The second-order valence-corrected chi connectivity index (χ2v) is 4.33. The van der Waals surface area contributed by atoms with E-state index in [0.717, 1.165) is 0 Å². The van der Waals surface area contributed by atoms with Gasteiger partial charge in [-0.05, 0) is 18.3 Å². The van der Waals surface area contributed by atoms with Gasteiger partial charge in [-0.1, -0.05) is 20.8 Å². The van der Waals surface area contributed by atoms with Crippen LogP contribution in [0.25, 0.3) is 0 Å². The molecule has 0 aromatic rings. The molecule has 4 nitrogen and oxygen atoms in total. The molecule has 0 saturated carbocycles. The van der Waals surface area contributed by atoms with Crippen LogP contribution in [-0.2, 0) is 9.59 Å². The third-order valence-corrected chi connectivity index (χ3v) is 1.78. The molecule has 0 aliphatic rings. The first kappa shape index (κ1) is 16.9. The summed E-state index contributed by atoms with van der Waals surface area (Å²) in [6, 6.07) is 0. The van der Waals surface area contributed by atoms with E-state index in [0.29, 0.717) is 6.42 Å². The van der Waals surface area contributed by atoms with Crippen LogP contribution in [0, 0.1) is 11.3 Å². The van der Waals surface area contributed by atoms with Crippen LogP contribution in [0.1, 0.15) is 36.5 Å². The summed E-state index contributed by atoms with van der Waals surface area (Å²) < 4.78 is 0. The number of aliphatic carboxylic acids is 2. The Morgan fingerprint density at radius 1 is 1.21 bits per heavy atom. The van der Waals surface area contributed by atoms with Gasteiger partial charge in [0.1, 0.15) is 0 Å². The largest absolute Gasteiger partial charge is 2.00 e. The van der Waals surface area contributed by atoms with Crippen molar-refractivity contribution in [2.24, 2.45) is 11.3 Å². The molecule has 0 fully saturated rings. The zero-order valence-corrected chi connectivity index (χ0v) is 13.4. The van der Waals surface area contributed by atoms with Gasteiger partial charge in [0.05, 0.1) is 0 Å². The van der Waals surface area contributed by atoms with Crippen LogP contribution in [-0.4, -0.2) is 71.0 Å². The molecular weight excluding hydrogens is 309 g/mol. The number of hydrogen-bond acceptors (Lipinski definition) is 2. The van der Waals surface area contributed by atoms with E-state index in [1.54, 1.807) is 0 Å². The fourth-order valence-electron chi connectivity index (χ4n) is 0.930. The summed E-state index contributed by atoms with van der Waals surface area (Å²) in [6.45, 7) is 5.86. The molecule has 0 aromatic heterocycles. The van der Waals surface area contributed by atoms with Crippen molar-refractivity contribution in [3.05, 3.63) is 0 Å². The number of carboxylic acids is 2. The van der Waals surface area contributed by atoms with Crippen LogP contribution in [0.5, 0.6) is 0 Å². The maximum atomic E-state index is 10.5. The number of carbonyl (C=O) groups is 2. The predicted molar refractivity (Wildman–Crippen MR) is 55.4 cm³/mol. The first-order valence-electron chi connectivity index (χ1n) is 4.19. The van der Waals surface area contributed by atoms with E-state index >= 15 is 0 Å². The Hall–Kier alpha value is 0.511. The smallest absolute Gasteiger partial charge is 1.00 e. The minimum absolute atomic E-state index is 0. The van der Waals surface area contributed by atoms with E-state index in [4.69, 9.17) is 10.2 Å². The molecule has 0 unspecified atom stereocenters. The SMILES string of the molecule is CC(C)(C)CCC(C(=O)O)C(=O)O.[Ba+2].[H-].[H-]. The van der Waals surface area contributed by atoms with Gasteiger partial charge >= 0.3 is 60.8 Å². The second kappa shape index (κ2) is 6.90. The molecule has 0 amide bonds. The van der Waals surface area contributed by atoms with E-state index in [1.807, 2.05) is 20.8 Å². The van der Waals surface area contributed by atoms with Crippen molar-refractivity contribution in [3.8, 4) is 0 Å². The van der Waals surface area contributed by atoms with E-state index in [2.05, 4.69) is 0 Å². The van der Waals surface area contributed by atoms with Crippen LogP contribution in [0.3, 0.4) is 0 Å². The van der Waals surface area contributed by atoms with Crippen molar-refractivity contribution in [1.82, 2.24) is 0 Å². The fourth-order valence-corrected chi connectivity index (χ4v) is 0.930. The molecule has 80 valence electrons. The van der Waals surface area contributed by atoms with Crippen LogP contribution < -0.4 is 0 Å². The molecule has 0 rings (SSSR count). The molecule has 0 saturated heterocycles. The summed E-state index contributed by atoms with van der Waals surface area (Å²) in [5.41, 5.74) is -0.0247. The number of carboxylic acid groups (broad SMARTS) is 2. The maximum Gasteiger partial charge on any atom is 2.00 e. The Kier molecular flexibility index (Phi) is 8.34. The molecule has 0 spiro atoms. The van der Waals surface area contributed by atoms with Crippen molar-refractivity contribution >= 4 is 60.8 Å². The topological polar surface area (TPSA) is 74.6 Å². The van der Waals surface area contributed by atoms with Gasteiger partial charge in [-0.25, -0.2) is 0 Å². The summed E-state index contributed by atoms with van der Waals surface area (Å²) >= 11 is 0. The Bertz CT molecular complexity index is 202. The quantitative estimate of drug-likeness (QED) is 0.605. The molecule has 0 heterocycles. The molecule has 0 bridgehead atoms. The first-order chi connectivity index (χ1) is 5.74. The van der Waals surface area contributed by atoms with Gasteiger partial charge < -0.3 is 13.1 Å². The Balaban J connectivity index is -0.000000240. The number of rotatable bonds is 4. The van der Waals surface area contributed by atoms with Crippen LogP contribution >= 0.6 is 0 Å². The summed E-state index contributed by atoms with van der Waals surface area (Å²) in [5, 5.41) is 17.1. The maximum absolute atomic E-state index is 10.5. The summed E-state index contributed by atoms with van der Waals surface area (Å²) in [4.78, 5) is 21.0. The van der Waals surface area contributed by atoms with E-state index in [9.17, 15) is 9.59 Å². The van der Waals surface area contributed by atoms with Crippen LogP contribution in [0.2, 0.25) is 0 Å². The van der Waals surface area contributed by atoms with Gasteiger partial charge in [0.15, 0.2) is 5.92 Å². The minimum atomic E-state index is -1.26. The standard InChI is InChI=1S/C9H16O4.Ba.2H/c1-9(2,3)5-4-6(7(10)11)8(12)13;;;/h6H,4-5H2,1-3H3,(H,10,11)(H,12,13);;;/q;+2;2*-1. The Labute approximate surface area is 127 Å². The van der Waals surface area contributed by atoms with Gasteiger partial charge in [0.2, 0.25) is 0 Å². The van der Waals surface area contributed by atoms with Gasteiger partial charge in [-0.2, -0.15) is 0 Å². The van der Waals surface area contributed by atoms with Crippen molar-refractivity contribution < 1.29 is 22.7 Å². The van der Waals surface area contributed by atoms with Crippen molar-refractivity contribution in [1.29, 1.82) is 0 Å². The molecule has 0 aliphatic heterocycles. The van der Waals surface area contributed by atoms with Crippen LogP contribution in [0.15, 0.2) is 0 Å². The zero-order chi connectivity index (χ0) is 10.6. The average molecular weight is 328 g/mol. The van der Waals surface area contributed by atoms with Gasteiger partial charge in [-0.15, -0.1) is 0 Å². The van der Waals surface area contributed by atoms with Crippen molar-refractivity contribution in [2.75, 3.05) is 0 Å². The van der Waals surface area contributed by atoms with Gasteiger partial charge in [0.25, 0.3) is 0 Å². The third kappa shape index (κ3) is 7.87. The first-order valence-corrected chi connectivity index (χ1v) is 4.19. The molecule has 5 heteroatoms. The second-order valence-electron chi connectivity index (χ2n) is 4.33. The van der Waals surface area contributed by atoms with E-state index in [1.165, 1.54) is 0 Å². The van der Waals surface area contributed by atoms with Crippen LogP contribution in [0.4, 0.5) is 0 Å². The van der Waals surface area contributed by atoms with Crippen molar-refractivity contribution in [3.63, 3.8) is 0 Å². The summed E-state index contributed by atoms with van der Waals surface area (Å²) in [7, 11) is 0. The van der Waals surface area contributed by atoms with E-state index in [-0.39, 0.29) is 63.6 Å². The Morgan fingerprint density at radius 2 is 1.57 bits per heavy atom. The minimum Gasteiger partial charge on any atom is -1.00 e. The molecule has 2 N–H and O–H groups in total. The summed E-state index contributed by atoms with van der Waals surface area (Å²) in [6.07, 6.45) is 0.782. The molecule has 0 radical (unpaired) electrons. The fraction of sp³-hybridized carbons (Fsp3) is 0.778. The zero-order valence-electron chi connectivity index (χ0n) is 10.9. The normalized spacial score (nSPS) is 10.9. The summed E-state index contributed by atoms with van der Waals surface area (Å²) in [5.74, 6) is -3.77. The van der Waals surface area contributed by atoms with Gasteiger partial charge in [0, 0.05) is 0 Å². The number of hydrogen-bond donors (Lipinski definition) is 2. The van der Waals surface area contributed by atoms with E-state index < -0.39 is 17.9 Å². The molecule has 0 aromatic carbocycles. The molecular formula is C9H18BaO4. The molecule has 0 aliphatic carbocycles. The molecule has 14 heavy (non-hydrogen) atoms. The Morgan fingerprint density at radius 3 is 1.79 bits per heavy atom. The average Bonchev–Trinajstić information content (AvgIpc) is 1.82. The molecule has 0 atom stereocenters. The third-order valence-electron chi connectivity index (χ3n) is 1.78. The monoisotopic (exact) mass is 328 g/mol.